The van der Waals surface area contributed by atoms with Crippen LogP contribution in [0.3, 0.4) is 0 Å². The van der Waals surface area contributed by atoms with Crippen molar-refractivity contribution in [3.63, 3.8) is 0 Å². The first kappa shape index (κ1) is 24.2. The van der Waals surface area contributed by atoms with Gasteiger partial charge in [-0.1, -0.05) is 24.1 Å². The number of aromatic carboxylic acids is 1. The number of nitrogens with zero attached hydrogens (tertiary/aromatic N) is 2. The first-order chi connectivity index (χ1) is 17.3. The number of carboxylic acids is 1. The fourth-order valence-electron chi connectivity index (χ4n) is 3.89. The second-order valence-electron chi connectivity index (χ2n) is 8.30. The van der Waals surface area contributed by atoms with Gasteiger partial charge in [-0.2, -0.15) is 0 Å². The molecule has 0 aliphatic heterocycles. The maximum Gasteiger partial charge on any atom is 0.335 e. The summed E-state index contributed by atoms with van der Waals surface area (Å²) in [6, 6.07) is 19.0. The van der Waals surface area contributed by atoms with E-state index in [2.05, 4.69) is 21.2 Å². The van der Waals surface area contributed by atoms with E-state index in [1.807, 2.05) is 35.2 Å². The van der Waals surface area contributed by atoms with E-state index in [0.29, 0.717) is 40.9 Å². The minimum absolute atomic E-state index is 0.169. The Balaban J connectivity index is 1.46. The molecule has 0 bridgehead atoms. The van der Waals surface area contributed by atoms with Gasteiger partial charge in [-0.05, 0) is 66.6 Å². The first-order valence-corrected chi connectivity index (χ1v) is 11.2. The van der Waals surface area contributed by atoms with Crippen LogP contribution in [0.25, 0.3) is 10.9 Å². The number of benzene rings is 3. The maximum atomic E-state index is 12.6. The summed E-state index contributed by atoms with van der Waals surface area (Å²) in [5, 5.41) is 12.4. The lowest BCUT2D eigenvalue weighted by Gasteiger charge is -2.23. The smallest absolute Gasteiger partial charge is 0.335 e. The molecule has 1 amide bonds. The molecule has 3 N–H and O–H groups in total. The molecule has 1 aromatic heterocycles. The number of aromatic amines is 1. The summed E-state index contributed by atoms with van der Waals surface area (Å²) >= 11 is 0. The standard InChI is InChI=1S/C28H24N4O4/c1-3-13-32(17-20-7-12-25-24(15-20)27(34)31-18(2)30-25)23-10-8-21(9-11-23)26(33)29-16-19-5-4-6-22(14-19)28(35)36/h1,4-12,14-15H,13,16-17H2,2H3,(H,29,33)(H,35,36)(H,30,31,34). The highest BCUT2D eigenvalue weighted by Gasteiger charge is 2.11. The molecule has 0 spiro atoms. The molecule has 4 aromatic rings. The van der Waals surface area contributed by atoms with Crippen molar-refractivity contribution in [2.75, 3.05) is 11.4 Å². The lowest BCUT2D eigenvalue weighted by Crippen LogP contribution is -2.24. The van der Waals surface area contributed by atoms with E-state index in [0.717, 1.165) is 11.3 Å². The quantitative estimate of drug-likeness (QED) is 0.333. The van der Waals surface area contributed by atoms with Crippen molar-refractivity contribution in [3.05, 3.63) is 105 Å². The van der Waals surface area contributed by atoms with Crippen molar-refractivity contribution in [1.82, 2.24) is 15.3 Å². The Bertz CT molecular complexity index is 1530. The predicted molar refractivity (Wildman–Crippen MR) is 138 cm³/mol. The van der Waals surface area contributed by atoms with Gasteiger partial charge in [0.25, 0.3) is 11.5 Å². The number of carboxylic acid groups (broad SMARTS) is 1. The minimum atomic E-state index is -1.02. The van der Waals surface area contributed by atoms with Crippen molar-refractivity contribution < 1.29 is 14.7 Å². The van der Waals surface area contributed by atoms with E-state index < -0.39 is 5.97 Å². The van der Waals surface area contributed by atoms with Crippen LogP contribution in [0.4, 0.5) is 5.69 Å². The molecule has 8 nitrogen and oxygen atoms in total. The third kappa shape index (κ3) is 5.59. The topological polar surface area (TPSA) is 115 Å². The summed E-state index contributed by atoms with van der Waals surface area (Å²) in [7, 11) is 0. The SMILES string of the molecule is C#CCN(Cc1ccc2nc(C)[nH]c(=O)c2c1)c1ccc(C(=O)NCc2cccc(C(=O)O)c2)cc1. The molecule has 8 heteroatoms. The number of hydrogen-bond acceptors (Lipinski definition) is 5. The monoisotopic (exact) mass is 480 g/mol. The molecule has 1 heterocycles. The van der Waals surface area contributed by atoms with Gasteiger partial charge in [0.15, 0.2) is 0 Å². The molecule has 0 atom stereocenters. The second kappa shape index (κ2) is 10.6. The Morgan fingerprint density at radius 1 is 1.06 bits per heavy atom. The fourth-order valence-corrected chi connectivity index (χ4v) is 3.89. The number of aromatic nitrogens is 2. The predicted octanol–water partition coefficient (Wildman–Crippen LogP) is 3.50. The molecule has 3 aromatic carbocycles. The van der Waals surface area contributed by atoms with E-state index >= 15 is 0 Å². The summed E-state index contributed by atoms with van der Waals surface area (Å²) in [5.41, 5.74) is 3.50. The van der Waals surface area contributed by atoms with Crippen LogP contribution >= 0.6 is 0 Å². The molecule has 0 aliphatic rings. The number of hydrogen-bond donors (Lipinski definition) is 3. The van der Waals surface area contributed by atoms with Crippen LogP contribution < -0.4 is 15.8 Å². The van der Waals surface area contributed by atoms with E-state index in [1.165, 1.54) is 12.1 Å². The third-order valence-electron chi connectivity index (χ3n) is 5.67. The van der Waals surface area contributed by atoms with Gasteiger partial charge in [-0.15, -0.1) is 6.42 Å². The molecule has 0 unspecified atom stereocenters. The lowest BCUT2D eigenvalue weighted by molar-refractivity contribution is 0.0696. The summed E-state index contributed by atoms with van der Waals surface area (Å²) in [6.45, 7) is 2.76. The Hall–Kier alpha value is -4.90. The van der Waals surface area contributed by atoms with Crippen LogP contribution in [0.5, 0.6) is 0 Å². The average molecular weight is 481 g/mol. The molecule has 0 saturated carbocycles. The zero-order chi connectivity index (χ0) is 25.7. The van der Waals surface area contributed by atoms with Crippen LogP contribution in [-0.2, 0) is 13.1 Å². The molecule has 0 aliphatic carbocycles. The normalized spacial score (nSPS) is 10.6. The van der Waals surface area contributed by atoms with Crippen LogP contribution in [-0.4, -0.2) is 33.5 Å². The van der Waals surface area contributed by atoms with Gasteiger partial charge in [0.05, 0.1) is 23.0 Å². The Morgan fingerprint density at radius 3 is 2.56 bits per heavy atom. The number of anilines is 1. The average Bonchev–Trinajstić information content (AvgIpc) is 2.87. The zero-order valence-corrected chi connectivity index (χ0v) is 19.6. The molecule has 0 fully saturated rings. The largest absolute Gasteiger partial charge is 0.478 e. The number of amides is 1. The number of carbonyl (C=O) groups excluding carboxylic acids is 1. The fraction of sp³-hybridized carbons (Fsp3) is 0.143. The summed E-state index contributed by atoms with van der Waals surface area (Å²) in [4.78, 5) is 45.1. The van der Waals surface area contributed by atoms with Gasteiger partial charge < -0.3 is 20.3 Å². The van der Waals surface area contributed by atoms with Crippen LogP contribution in [0, 0.1) is 19.3 Å². The lowest BCUT2D eigenvalue weighted by atomic mass is 10.1. The number of nitrogens with one attached hydrogen (secondary N) is 2. The highest BCUT2D eigenvalue weighted by molar-refractivity contribution is 5.94. The molecule has 36 heavy (non-hydrogen) atoms. The molecule has 0 radical (unpaired) electrons. The Kier molecular flexibility index (Phi) is 7.12. The third-order valence-corrected chi connectivity index (χ3v) is 5.67. The number of terminal acetylenes is 1. The molecular formula is C28H24N4O4. The molecular weight excluding hydrogens is 456 g/mol. The van der Waals surface area contributed by atoms with Crippen molar-refractivity contribution in [1.29, 1.82) is 0 Å². The maximum absolute atomic E-state index is 12.6. The van der Waals surface area contributed by atoms with Gasteiger partial charge in [0, 0.05) is 24.3 Å². The van der Waals surface area contributed by atoms with Crippen LogP contribution in [0.1, 0.15) is 37.7 Å². The van der Waals surface area contributed by atoms with Crippen molar-refractivity contribution >= 4 is 28.5 Å². The molecule has 180 valence electrons. The number of rotatable bonds is 8. The van der Waals surface area contributed by atoms with E-state index in [9.17, 15) is 14.4 Å². The summed E-state index contributed by atoms with van der Waals surface area (Å²) in [6.07, 6.45) is 5.60. The molecule has 4 rings (SSSR count). The van der Waals surface area contributed by atoms with Gasteiger partial charge >= 0.3 is 5.97 Å². The van der Waals surface area contributed by atoms with E-state index in [4.69, 9.17) is 11.5 Å². The number of aryl methyl sites for hydroxylation is 1. The van der Waals surface area contributed by atoms with Crippen LogP contribution in [0.15, 0.2) is 71.5 Å². The van der Waals surface area contributed by atoms with E-state index in [1.54, 1.807) is 31.2 Å². The number of carbonyl (C=O) groups is 2. The zero-order valence-electron chi connectivity index (χ0n) is 19.6. The number of fused-ring (bicyclic) bond motifs is 1. The first-order valence-electron chi connectivity index (χ1n) is 11.2. The molecule has 0 saturated heterocycles. The van der Waals surface area contributed by atoms with Crippen molar-refractivity contribution in [3.8, 4) is 12.3 Å². The Morgan fingerprint density at radius 2 is 1.83 bits per heavy atom. The van der Waals surface area contributed by atoms with Crippen molar-refractivity contribution in [2.24, 2.45) is 0 Å². The van der Waals surface area contributed by atoms with Gasteiger partial charge in [-0.25, -0.2) is 9.78 Å². The van der Waals surface area contributed by atoms with Crippen molar-refractivity contribution in [2.45, 2.75) is 20.0 Å². The summed E-state index contributed by atoms with van der Waals surface area (Å²) < 4.78 is 0. The highest BCUT2D eigenvalue weighted by Crippen LogP contribution is 2.20. The number of H-pyrrole nitrogens is 1. The Labute approximate surface area is 207 Å². The van der Waals surface area contributed by atoms with Gasteiger partial charge in [0.1, 0.15) is 5.82 Å². The van der Waals surface area contributed by atoms with Gasteiger partial charge in [-0.3, -0.25) is 9.59 Å². The van der Waals surface area contributed by atoms with Gasteiger partial charge in [0.2, 0.25) is 0 Å². The summed E-state index contributed by atoms with van der Waals surface area (Å²) in [5.74, 6) is 1.93. The second-order valence-corrected chi connectivity index (χ2v) is 8.30. The highest BCUT2D eigenvalue weighted by atomic mass is 16.4. The van der Waals surface area contributed by atoms with E-state index in [-0.39, 0.29) is 23.6 Å². The van der Waals surface area contributed by atoms with Crippen LogP contribution in [0.2, 0.25) is 0 Å². The minimum Gasteiger partial charge on any atom is -0.478 e.